The molecule has 1 aliphatic heterocycles. The zero-order valence-electron chi connectivity index (χ0n) is 10.00. The Balaban J connectivity index is 2.04. The average molecular weight is 260 g/mol. The highest BCUT2D eigenvalue weighted by molar-refractivity contribution is 5.39. The molecule has 3 nitrogen and oxygen atoms in total. The number of ether oxygens (including phenoxy) is 1. The summed E-state index contributed by atoms with van der Waals surface area (Å²) in [6, 6.07) is 1.93. The second-order valence-corrected chi connectivity index (χ2v) is 4.41. The molecule has 1 aromatic heterocycles. The van der Waals surface area contributed by atoms with Gasteiger partial charge < -0.3 is 10.1 Å². The predicted molar refractivity (Wildman–Crippen MR) is 61.3 cm³/mol. The van der Waals surface area contributed by atoms with Gasteiger partial charge in [0.25, 0.3) is 0 Å². The third kappa shape index (κ3) is 3.13. The van der Waals surface area contributed by atoms with Gasteiger partial charge in [0, 0.05) is 12.8 Å². The minimum absolute atomic E-state index is 0.0429. The van der Waals surface area contributed by atoms with Crippen molar-refractivity contribution in [3.63, 3.8) is 0 Å². The van der Waals surface area contributed by atoms with Crippen molar-refractivity contribution in [1.82, 2.24) is 4.98 Å². The normalized spacial score (nSPS) is 21.9. The molecule has 2 rings (SSSR count). The molecule has 100 valence electrons. The van der Waals surface area contributed by atoms with E-state index in [1.807, 2.05) is 6.92 Å². The molecule has 2 heterocycles. The van der Waals surface area contributed by atoms with E-state index in [-0.39, 0.29) is 18.0 Å². The Morgan fingerprint density at radius 2 is 2.28 bits per heavy atom. The fourth-order valence-corrected chi connectivity index (χ4v) is 2.01. The lowest BCUT2D eigenvalue weighted by Gasteiger charge is -2.20. The first-order chi connectivity index (χ1) is 8.47. The van der Waals surface area contributed by atoms with Crippen LogP contribution in [0, 0.1) is 0 Å². The highest BCUT2D eigenvalue weighted by Gasteiger charge is 2.31. The second kappa shape index (κ2) is 5.14. The molecule has 0 amide bonds. The number of hydrogen-bond acceptors (Lipinski definition) is 3. The van der Waals surface area contributed by atoms with Gasteiger partial charge in [-0.3, -0.25) is 0 Å². The maximum atomic E-state index is 12.5. The van der Waals surface area contributed by atoms with E-state index in [1.54, 1.807) is 0 Å². The molecule has 1 fully saturated rings. The molecule has 1 aliphatic rings. The van der Waals surface area contributed by atoms with E-state index in [0.717, 1.165) is 31.2 Å². The predicted octanol–water partition coefficient (Wildman–Crippen LogP) is 3.08. The minimum atomic E-state index is -4.34. The monoisotopic (exact) mass is 260 g/mol. The highest BCUT2D eigenvalue weighted by Crippen LogP contribution is 2.30. The van der Waals surface area contributed by atoms with E-state index in [1.165, 1.54) is 0 Å². The van der Waals surface area contributed by atoms with Crippen LogP contribution in [0.25, 0.3) is 0 Å². The molecule has 2 unspecified atom stereocenters. The average Bonchev–Trinajstić information content (AvgIpc) is 2.81. The standard InChI is InChI=1S/C12H15F3N2O/c1-8(10-3-2-6-18-10)17-11-7-9(4-5-16-11)12(13,14)15/h4-5,7-8,10H,2-3,6H2,1H3,(H,16,17). The summed E-state index contributed by atoms with van der Waals surface area (Å²) in [6.07, 6.45) is -1.22. The lowest BCUT2D eigenvalue weighted by atomic mass is 10.1. The molecule has 0 saturated carbocycles. The van der Waals surface area contributed by atoms with Crippen LogP contribution in [0.2, 0.25) is 0 Å². The first kappa shape index (κ1) is 13.1. The van der Waals surface area contributed by atoms with Crippen LogP contribution in [-0.4, -0.2) is 23.7 Å². The largest absolute Gasteiger partial charge is 0.416 e. The molecule has 1 aromatic rings. The van der Waals surface area contributed by atoms with Crippen molar-refractivity contribution in [2.24, 2.45) is 0 Å². The number of anilines is 1. The first-order valence-corrected chi connectivity index (χ1v) is 5.88. The number of alkyl halides is 3. The summed E-state index contributed by atoms with van der Waals surface area (Å²) in [7, 11) is 0. The van der Waals surface area contributed by atoms with E-state index >= 15 is 0 Å². The van der Waals surface area contributed by atoms with Gasteiger partial charge in [-0.1, -0.05) is 0 Å². The van der Waals surface area contributed by atoms with E-state index in [0.29, 0.717) is 6.61 Å². The summed E-state index contributed by atoms with van der Waals surface area (Å²) in [5, 5.41) is 2.96. The summed E-state index contributed by atoms with van der Waals surface area (Å²) < 4.78 is 43.0. The quantitative estimate of drug-likeness (QED) is 0.906. The van der Waals surface area contributed by atoms with Crippen molar-refractivity contribution in [2.75, 3.05) is 11.9 Å². The molecule has 6 heteroatoms. The molecule has 0 radical (unpaired) electrons. The van der Waals surface area contributed by atoms with E-state index < -0.39 is 11.7 Å². The van der Waals surface area contributed by atoms with Gasteiger partial charge in [-0.2, -0.15) is 13.2 Å². The Morgan fingerprint density at radius 1 is 1.50 bits per heavy atom. The smallest absolute Gasteiger partial charge is 0.376 e. The molecule has 0 aromatic carbocycles. The van der Waals surface area contributed by atoms with Crippen LogP contribution in [-0.2, 0) is 10.9 Å². The van der Waals surface area contributed by atoms with Crippen molar-refractivity contribution in [3.8, 4) is 0 Å². The van der Waals surface area contributed by atoms with Crippen LogP contribution in [0.5, 0.6) is 0 Å². The zero-order valence-corrected chi connectivity index (χ0v) is 10.00. The molecular weight excluding hydrogens is 245 g/mol. The molecule has 0 aliphatic carbocycles. The number of rotatable bonds is 3. The van der Waals surface area contributed by atoms with Crippen molar-refractivity contribution in [3.05, 3.63) is 23.9 Å². The zero-order chi connectivity index (χ0) is 13.2. The minimum Gasteiger partial charge on any atom is -0.376 e. The van der Waals surface area contributed by atoms with Gasteiger partial charge in [0.15, 0.2) is 0 Å². The lowest BCUT2D eigenvalue weighted by Crippen LogP contribution is -2.30. The summed E-state index contributed by atoms with van der Waals surface area (Å²) in [5.74, 6) is 0.229. The summed E-state index contributed by atoms with van der Waals surface area (Å²) in [5.41, 5.74) is -0.695. The Kier molecular flexibility index (Phi) is 3.75. The topological polar surface area (TPSA) is 34.2 Å². The number of aromatic nitrogens is 1. The van der Waals surface area contributed by atoms with Crippen LogP contribution in [0.15, 0.2) is 18.3 Å². The van der Waals surface area contributed by atoms with E-state index in [9.17, 15) is 13.2 Å². The number of nitrogens with zero attached hydrogens (tertiary/aromatic N) is 1. The Hall–Kier alpha value is -1.30. The summed E-state index contributed by atoms with van der Waals surface area (Å²) >= 11 is 0. The van der Waals surface area contributed by atoms with Crippen LogP contribution in [0.1, 0.15) is 25.3 Å². The van der Waals surface area contributed by atoms with Gasteiger partial charge in [0.05, 0.1) is 17.7 Å². The van der Waals surface area contributed by atoms with E-state index in [4.69, 9.17) is 4.74 Å². The summed E-state index contributed by atoms with van der Waals surface area (Å²) in [6.45, 7) is 2.60. The van der Waals surface area contributed by atoms with E-state index in [2.05, 4.69) is 10.3 Å². The molecule has 18 heavy (non-hydrogen) atoms. The molecule has 2 atom stereocenters. The molecular formula is C12H15F3N2O. The number of hydrogen-bond donors (Lipinski definition) is 1. The van der Waals surface area contributed by atoms with Gasteiger partial charge >= 0.3 is 6.18 Å². The maximum Gasteiger partial charge on any atom is 0.416 e. The van der Waals surface area contributed by atoms with Crippen LogP contribution in [0.4, 0.5) is 19.0 Å². The highest BCUT2D eigenvalue weighted by atomic mass is 19.4. The SMILES string of the molecule is CC(Nc1cc(C(F)(F)F)ccn1)C1CCCO1. The van der Waals surface area contributed by atoms with Crippen LogP contribution < -0.4 is 5.32 Å². The van der Waals surface area contributed by atoms with Crippen molar-refractivity contribution in [1.29, 1.82) is 0 Å². The fraction of sp³-hybridized carbons (Fsp3) is 0.583. The molecule has 1 N–H and O–H groups in total. The molecule has 0 spiro atoms. The Morgan fingerprint density at radius 3 is 2.89 bits per heavy atom. The van der Waals surface area contributed by atoms with Gasteiger partial charge in [0.1, 0.15) is 5.82 Å². The first-order valence-electron chi connectivity index (χ1n) is 5.88. The number of halogens is 3. The number of pyridine rings is 1. The summed E-state index contributed by atoms with van der Waals surface area (Å²) in [4.78, 5) is 3.90. The van der Waals surface area contributed by atoms with Gasteiger partial charge in [0.2, 0.25) is 0 Å². The molecule has 0 bridgehead atoms. The third-order valence-electron chi connectivity index (χ3n) is 2.99. The van der Waals surface area contributed by atoms with Crippen LogP contribution in [0.3, 0.4) is 0 Å². The fourth-order valence-electron chi connectivity index (χ4n) is 2.01. The van der Waals surface area contributed by atoms with Gasteiger partial charge in [-0.05, 0) is 31.9 Å². The Bertz CT molecular complexity index is 403. The van der Waals surface area contributed by atoms with Gasteiger partial charge in [-0.25, -0.2) is 4.98 Å². The molecule has 1 saturated heterocycles. The van der Waals surface area contributed by atoms with Crippen molar-refractivity contribution in [2.45, 2.75) is 38.1 Å². The lowest BCUT2D eigenvalue weighted by molar-refractivity contribution is -0.137. The third-order valence-corrected chi connectivity index (χ3v) is 2.99. The second-order valence-electron chi connectivity index (χ2n) is 4.41. The van der Waals surface area contributed by atoms with Crippen LogP contribution >= 0.6 is 0 Å². The van der Waals surface area contributed by atoms with Crippen molar-refractivity contribution >= 4 is 5.82 Å². The van der Waals surface area contributed by atoms with Gasteiger partial charge in [-0.15, -0.1) is 0 Å². The Labute approximate surface area is 103 Å². The maximum absolute atomic E-state index is 12.5. The van der Waals surface area contributed by atoms with Crippen molar-refractivity contribution < 1.29 is 17.9 Å². The number of nitrogens with one attached hydrogen (secondary N) is 1.